The van der Waals surface area contributed by atoms with E-state index in [2.05, 4.69) is 11.1 Å². The zero-order chi connectivity index (χ0) is 15.5. The molecule has 1 amide bonds. The van der Waals surface area contributed by atoms with Gasteiger partial charge in [0.2, 0.25) is 0 Å². The normalized spacial score (nSPS) is 18.4. The topological polar surface area (TPSA) is 66.2 Å². The van der Waals surface area contributed by atoms with Crippen LogP contribution in [0.3, 0.4) is 0 Å². The molecule has 1 fully saturated rings. The highest BCUT2D eigenvalue weighted by Gasteiger charge is 2.30. The molecule has 1 aromatic heterocycles. The maximum Gasteiger partial charge on any atom is 0.410 e. The van der Waals surface area contributed by atoms with Gasteiger partial charge in [-0.15, -0.1) is 0 Å². The van der Waals surface area contributed by atoms with E-state index in [1.807, 2.05) is 20.8 Å². The Morgan fingerprint density at radius 1 is 1.57 bits per heavy atom. The number of carbonyl (C=O) groups excluding carboxylic acids is 1. The summed E-state index contributed by atoms with van der Waals surface area (Å²) in [6.07, 6.45) is 2.29. The van der Waals surface area contributed by atoms with Crippen LogP contribution in [0.5, 0.6) is 0 Å². The van der Waals surface area contributed by atoms with Crippen LogP contribution in [0, 0.1) is 11.3 Å². The molecule has 2 rings (SSSR count). The Bertz CT molecular complexity index is 563. The molecule has 1 atom stereocenters. The molecular weight excluding hydrogens is 286 g/mol. The summed E-state index contributed by atoms with van der Waals surface area (Å²) in [5, 5.41) is 10.1. The second-order valence-corrected chi connectivity index (χ2v) is 7.21. The lowest BCUT2D eigenvalue weighted by molar-refractivity contribution is 0.0295. The number of likely N-dealkylation sites (tertiary alicyclic amines) is 1. The molecule has 1 aromatic rings. The summed E-state index contributed by atoms with van der Waals surface area (Å²) in [5.41, 5.74) is 0.107. The number of aromatic nitrogens is 1. The minimum absolute atomic E-state index is 0.250. The molecule has 1 aliphatic rings. The minimum Gasteiger partial charge on any atom is -0.444 e. The number of pyridine rings is 1. The van der Waals surface area contributed by atoms with E-state index in [1.165, 1.54) is 0 Å². The lowest BCUT2D eigenvalue weighted by Crippen LogP contribution is -2.35. The summed E-state index contributed by atoms with van der Waals surface area (Å²) >= 11 is 1.56. The first kappa shape index (κ1) is 15.6. The van der Waals surface area contributed by atoms with Crippen molar-refractivity contribution < 1.29 is 9.53 Å². The molecular formula is C15H19N3O2S. The lowest BCUT2D eigenvalue weighted by Gasteiger charge is -2.24. The van der Waals surface area contributed by atoms with Crippen molar-refractivity contribution in [1.29, 1.82) is 5.26 Å². The van der Waals surface area contributed by atoms with Crippen molar-refractivity contribution in [2.75, 3.05) is 13.1 Å². The molecule has 0 N–H and O–H groups in total. The first-order valence-corrected chi connectivity index (χ1v) is 7.77. The number of amides is 1. The highest BCUT2D eigenvalue weighted by atomic mass is 32.2. The average molecular weight is 305 g/mol. The molecule has 112 valence electrons. The highest BCUT2D eigenvalue weighted by molar-refractivity contribution is 8.00. The molecule has 1 unspecified atom stereocenters. The Balaban J connectivity index is 1.94. The number of carbonyl (C=O) groups is 1. The molecule has 21 heavy (non-hydrogen) atoms. The molecule has 0 radical (unpaired) electrons. The number of nitriles is 1. The Morgan fingerprint density at radius 2 is 2.33 bits per heavy atom. The lowest BCUT2D eigenvalue weighted by atomic mass is 10.2. The van der Waals surface area contributed by atoms with Crippen LogP contribution in [0.2, 0.25) is 0 Å². The van der Waals surface area contributed by atoms with Crippen molar-refractivity contribution in [1.82, 2.24) is 9.88 Å². The van der Waals surface area contributed by atoms with Gasteiger partial charge in [-0.05, 0) is 39.3 Å². The van der Waals surface area contributed by atoms with Gasteiger partial charge in [-0.2, -0.15) is 5.26 Å². The number of thioether (sulfide) groups is 1. The average Bonchev–Trinajstić information content (AvgIpc) is 2.86. The third kappa shape index (κ3) is 4.36. The van der Waals surface area contributed by atoms with E-state index in [1.54, 1.807) is 35.0 Å². The fourth-order valence-electron chi connectivity index (χ4n) is 2.04. The predicted octanol–water partition coefficient (Wildman–Crippen LogP) is 3.05. The first-order valence-electron chi connectivity index (χ1n) is 6.89. The van der Waals surface area contributed by atoms with Gasteiger partial charge in [-0.1, -0.05) is 11.8 Å². The van der Waals surface area contributed by atoms with Crippen molar-refractivity contribution in [3.63, 3.8) is 0 Å². The zero-order valence-electron chi connectivity index (χ0n) is 12.5. The van der Waals surface area contributed by atoms with Gasteiger partial charge < -0.3 is 9.64 Å². The van der Waals surface area contributed by atoms with Gasteiger partial charge in [0.05, 0.1) is 5.56 Å². The highest BCUT2D eigenvalue weighted by Crippen LogP contribution is 2.30. The van der Waals surface area contributed by atoms with Gasteiger partial charge in [0.15, 0.2) is 0 Å². The molecule has 0 saturated carbocycles. The SMILES string of the molecule is CC(C)(C)OC(=O)N1CCC(Sc2ncccc2C#N)C1. The number of hydrogen-bond acceptors (Lipinski definition) is 5. The van der Waals surface area contributed by atoms with Crippen LogP contribution in [-0.4, -0.2) is 39.9 Å². The van der Waals surface area contributed by atoms with Crippen LogP contribution in [0.15, 0.2) is 23.4 Å². The van der Waals surface area contributed by atoms with Crippen LogP contribution in [-0.2, 0) is 4.74 Å². The molecule has 1 aliphatic heterocycles. The molecule has 0 aliphatic carbocycles. The van der Waals surface area contributed by atoms with E-state index in [0.717, 1.165) is 11.4 Å². The summed E-state index contributed by atoms with van der Waals surface area (Å²) in [7, 11) is 0. The largest absolute Gasteiger partial charge is 0.444 e. The Hall–Kier alpha value is -1.74. The van der Waals surface area contributed by atoms with E-state index < -0.39 is 5.60 Å². The van der Waals surface area contributed by atoms with Gasteiger partial charge in [0.1, 0.15) is 16.7 Å². The summed E-state index contributed by atoms with van der Waals surface area (Å²) in [6.45, 7) is 6.89. The number of hydrogen-bond donors (Lipinski definition) is 0. The molecule has 0 spiro atoms. The summed E-state index contributed by atoms with van der Waals surface area (Å²) in [4.78, 5) is 18.0. The summed E-state index contributed by atoms with van der Waals surface area (Å²) in [6, 6.07) is 5.66. The molecule has 2 heterocycles. The Morgan fingerprint density at radius 3 is 3.00 bits per heavy atom. The van der Waals surface area contributed by atoms with Crippen molar-refractivity contribution in [3.05, 3.63) is 23.9 Å². The quantitative estimate of drug-likeness (QED) is 0.840. The monoisotopic (exact) mass is 305 g/mol. The van der Waals surface area contributed by atoms with Crippen molar-refractivity contribution in [2.24, 2.45) is 0 Å². The minimum atomic E-state index is -0.475. The summed E-state index contributed by atoms with van der Waals surface area (Å²) < 4.78 is 5.37. The van der Waals surface area contributed by atoms with Crippen molar-refractivity contribution in [3.8, 4) is 6.07 Å². The van der Waals surface area contributed by atoms with Crippen LogP contribution in [0.4, 0.5) is 4.79 Å². The third-order valence-electron chi connectivity index (χ3n) is 2.97. The Kier molecular flexibility index (Phi) is 4.73. The van der Waals surface area contributed by atoms with Crippen LogP contribution >= 0.6 is 11.8 Å². The second-order valence-electron chi connectivity index (χ2n) is 5.92. The van der Waals surface area contributed by atoms with E-state index in [9.17, 15) is 4.79 Å². The van der Waals surface area contributed by atoms with Gasteiger partial charge in [0, 0.05) is 24.5 Å². The molecule has 5 nitrogen and oxygen atoms in total. The number of nitrogens with zero attached hydrogens (tertiary/aromatic N) is 3. The molecule has 1 saturated heterocycles. The zero-order valence-corrected chi connectivity index (χ0v) is 13.3. The van der Waals surface area contributed by atoms with Gasteiger partial charge in [-0.25, -0.2) is 9.78 Å². The fourth-order valence-corrected chi connectivity index (χ4v) is 3.20. The van der Waals surface area contributed by atoms with Gasteiger partial charge in [0.25, 0.3) is 0 Å². The van der Waals surface area contributed by atoms with Crippen LogP contribution < -0.4 is 0 Å². The standard InChI is InChI=1S/C15H19N3O2S/c1-15(2,3)20-14(19)18-8-6-12(10-18)21-13-11(9-16)5-4-7-17-13/h4-5,7,12H,6,8,10H2,1-3H3. The second kappa shape index (κ2) is 6.35. The molecule has 0 bridgehead atoms. The van der Waals surface area contributed by atoms with E-state index in [4.69, 9.17) is 10.00 Å². The number of rotatable bonds is 2. The van der Waals surface area contributed by atoms with Crippen LogP contribution in [0.25, 0.3) is 0 Å². The van der Waals surface area contributed by atoms with E-state index in [0.29, 0.717) is 18.7 Å². The fraction of sp³-hybridized carbons (Fsp3) is 0.533. The van der Waals surface area contributed by atoms with E-state index in [-0.39, 0.29) is 11.3 Å². The van der Waals surface area contributed by atoms with Crippen molar-refractivity contribution in [2.45, 2.75) is 43.1 Å². The smallest absolute Gasteiger partial charge is 0.410 e. The predicted molar refractivity (Wildman–Crippen MR) is 81.0 cm³/mol. The third-order valence-corrected chi connectivity index (χ3v) is 4.23. The first-order chi connectivity index (χ1) is 9.89. The Labute approximate surface area is 129 Å². The van der Waals surface area contributed by atoms with Crippen LogP contribution in [0.1, 0.15) is 32.8 Å². The van der Waals surface area contributed by atoms with Crippen molar-refractivity contribution >= 4 is 17.9 Å². The maximum absolute atomic E-state index is 12.0. The number of ether oxygens (including phenoxy) is 1. The summed E-state index contributed by atoms with van der Waals surface area (Å²) in [5.74, 6) is 0. The van der Waals surface area contributed by atoms with Gasteiger partial charge in [-0.3, -0.25) is 0 Å². The van der Waals surface area contributed by atoms with Gasteiger partial charge >= 0.3 is 6.09 Å². The van der Waals surface area contributed by atoms with E-state index >= 15 is 0 Å². The molecule has 0 aromatic carbocycles. The maximum atomic E-state index is 12.0. The molecule has 6 heteroatoms.